The van der Waals surface area contributed by atoms with Crippen LogP contribution in [0.5, 0.6) is 0 Å². The molecule has 1 aromatic heterocycles. The van der Waals surface area contributed by atoms with Crippen LogP contribution in [0.25, 0.3) is 0 Å². The van der Waals surface area contributed by atoms with Crippen molar-refractivity contribution < 1.29 is 13.2 Å². The average molecular weight is 457 g/mol. The average Bonchev–Trinajstić information content (AvgIpc) is 3.50. The molecule has 1 N–H and O–H groups in total. The fourth-order valence-electron chi connectivity index (χ4n) is 4.93. The van der Waals surface area contributed by atoms with Crippen molar-refractivity contribution in [2.45, 2.75) is 63.2 Å². The number of alkyl halides is 3. The van der Waals surface area contributed by atoms with E-state index in [4.69, 9.17) is 5.26 Å². The molecule has 0 unspecified atom stereocenters. The Hall–Kier alpha value is -2.43. The molecule has 1 saturated carbocycles. The number of pyridine rings is 1. The second-order valence-corrected chi connectivity index (χ2v) is 10.2. The van der Waals surface area contributed by atoms with Gasteiger partial charge >= 0.3 is 6.18 Å². The first kappa shape index (κ1) is 23.7. The molecule has 0 bridgehead atoms. The van der Waals surface area contributed by atoms with Gasteiger partial charge < -0.3 is 5.32 Å². The van der Waals surface area contributed by atoms with E-state index in [0.717, 1.165) is 37.1 Å². The van der Waals surface area contributed by atoms with Gasteiger partial charge in [0.1, 0.15) is 5.54 Å². The van der Waals surface area contributed by atoms with Gasteiger partial charge in [-0.05, 0) is 87.7 Å². The van der Waals surface area contributed by atoms with Gasteiger partial charge in [0.2, 0.25) is 0 Å². The number of aryl methyl sites for hydroxylation is 1. The van der Waals surface area contributed by atoms with Crippen LogP contribution in [0.1, 0.15) is 56.4 Å². The Morgan fingerprint density at radius 1 is 1.09 bits per heavy atom. The summed E-state index contributed by atoms with van der Waals surface area (Å²) in [6, 6.07) is 15.5. The number of hydrogen-bond donors (Lipinski definition) is 1. The molecule has 2 fully saturated rings. The number of nitrogens with zero attached hydrogens (tertiary/aromatic N) is 3. The number of hydrogen-bond acceptors (Lipinski definition) is 4. The van der Waals surface area contributed by atoms with Crippen LogP contribution in [-0.4, -0.2) is 41.2 Å². The maximum Gasteiger partial charge on any atom is 0.406 e. The van der Waals surface area contributed by atoms with Gasteiger partial charge in [-0.2, -0.15) is 18.4 Å². The molecule has 1 saturated heterocycles. The van der Waals surface area contributed by atoms with E-state index in [1.54, 1.807) is 18.3 Å². The van der Waals surface area contributed by atoms with Crippen LogP contribution in [0.15, 0.2) is 48.7 Å². The highest BCUT2D eigenvalue weighted by Crippen LogP contribution is 2.50. The normalized spacial score (nSPS) is 22.8. The maximum atomic E-state index is 13.6. The molecule has 0 radical (unpaired) electrons. The van der Waals surface area contributed by atoms with Crippen LogP contribution in [0, 0.1) is 16.7 Å². The van der Waals surface area contributed by atoms with Crippen molar-refractivity contribution in [3.63, 3.8) is 0 Å². The summed E-state index contributed by atoms with van der Waals surface area (Å²) in [6.45, 7) is 6.15. The van der Waals surface area contributed by atoms with Crippen molar-refractivity contribution in [3.05, 3.63) is 65.5 Å². The van der Waals surface area contributed by atoms with Gasteiger partial charge in [0.05, 0.1) is 22.9 Å². The van der Waals surface area contributed by atoms with Crippen molar-refractivity contribution in [2.75, 3.05) is 19.6 Å². The Kier molecular flexibility index (Phi) is 6.28. The van der Waals surface area contributed by atoms with Gasteiger partial charge in [0, 0.05) is 19.3 Å². The minimum absolute atomic E-state index is 0.158. The summed E-state index contributed by atoms with van der Waals surface area (Å²) in [4.78, 5) is 6.91. The molecule has 33 heavy (non-hydrogen) atoms. The van der Waals surface area contributed by atoms with Crippen LogP contribution >= 0.6 is 0 Å². The van der Waals surface area contributed by atoms with Crippen molar-refractivity contribution in [1.29, 1.82) is 5.26 Å². The maximum absolute atomic E-state index is 13.6. The van der Waals surface area contributed by atoms with Gasteiger partial charge in [-0.1, -0.05) is 18.2 Å². The Balaban J connectivity index is 1.52. The van der Waals surface area contributed by atoms with E-state index in [0.29, 0.717) is 18.7 Å². The largest absolute Gasteiger partial charge is 0.406 e. The zero-order valence-corrected chi connectivity index (χ0v) is 19.3. The third-order valence-corrected chi connectivity index (χ3v) is 7.64. The van der Waals surface area contributed by atoms with Crippen LogP contribution in [0.4, 0.5) is 13.2 Å². The summed E-state index contributed by atoms with van der Waals surface area (Å²) in [5.74, 6) is 0. The fourth-order valence-corrected chi connectivity index (χ4v) is 4.93. The van der Waals surface area contributed by atoms with Gasteiger partial charge in [-0.15, -0.1) is 0 Å². The lowest BCUT2D eigenvalue weighted by Crippen LogP contribution is -2.51. The first-order valence-corrected chi connectivity index (χ1v) is 11.6. The van der Waals surface area contributed by atoms with Gasteiger partial charge in [-0.25, -0.2) is 0 Å². The predicted molar refractivity (Wildman–Crippen MR) is 121 cm³/mol. The number of rotatable bonds is 8. The minimum atomic E-state index is -4.22. The Morgan fingerprint density at radius 3 is 2.39 bits per heavy atom. The summed E-state index contributed by atoms with van der Waals surface area (Å²) >= 11 is 0. The lowest BCUT2D eigenvalue weighted by Gasteiger charge is -2.38. The first-order chi connectivity index (χ1) is 15.6. The molecular formula is C26H31F3N4. The highest BCUT2D eigenvalue weighted by atomic mass is 19.4. The first-order valence-electron chi connectivity index (χ1n) is 11.6. The summed E-state index contributed by atoms with van der Waals surface area (Å²) in [5, 5.41) is 12.0. The molecule has 4 nitrogen and oxygen atoms in total. The van der Waals surface area contributed by atoms with E-state index >= 15 is 0 Å². The minimum Gasteiger partial charge on any atom is -0.303 e. The molecule has 2 heterocycles. The van der Waals surface area contributed by atoms with Gasteiger partial charge in [0.25, 0.3) is 0 Å². The van der Waals surface area contributed by atoms with Crippen molar-refractivity contribution in [2.24, 2.45) is 5.41 Å². The van der Waals surface area contributed by atoms with Crippen molar-refractivity contribution in [3.8, 4) is 6.07 Å². The third-order valence-electron chi connectivity index (χ3n) is 7.64. The Bertz CT molecular complexity index is 991. The topological polar surface area (TPSA) is 52.0 Å². The SMILES string of the molecule is CC(C)(c1ccccn1)N1CC[C@@](CCc2ccc(C#N)cc2)(CNC2(C(F)(F)F)CC2)C1. The highest BCUT2D eigenvalue weighted by molar-refractivity contribution is 5.31. The molecule has 0 spiro atoms. The monoisotopic (exact) mass is 456 g/mol. The Morgan fingerprint density at radius 2 is 1.82 bits per heavy atom. The molecule has 0 amide bonds. The third kappa shape index (κ3) is 4.92. The number of nitriles is 1. The highest BCUT2D eigenvalue weighted by Gasteiger charge is 2.63. The van der Waals surface area contributed by atoms with E-state index in [1.807, 2.05) is 30.3 Å². The Labute approximate surface area is 193 Å². The lowest BCUT2D eigenvalue weighted by molar-refractivity contribution is -0.167. The quantitative estimate of drug-likeness (QED) is 0.593. The molecule has 1 aliphatic carbocycles. The molecule has 1 atom stereocenters. The summed E-state index contributed by atoms with van der Waals surface area (Å²) in [6.07, 6.45) is 0.274. The molecule has 2 aliphatic rings. The number of likely N-dealkylation sites (tertiary alicyclic amines) is 1. The van der Waals surface area contributed by atoms with E-state index in [9.17, 15) is 13.2 Å². The second kappa shape index (κ2) is 8.73. The number of halogens is 3. The standard InChI is InChI=1S/C26H31F3N4/c1-23(2,22-5-3-4-15-31-22)33-16-14-24(19-33,18-32-25(12-13-25)26(27,28)29)11-10-20-6-8-21(17-30)9-7-20/h3-9,15,32H,10-14,16,18-19H2,1-2H3/t24-/m0/s1. The van der Waals surface area contributed by atoms with E-state index < -0.39 is 11.7 Å². The fraction of sp³-hybridized carbons (Fsp3) is 0.538. The zero-order chi connectivity index (χ0) is 23.7. The molecular weight excluding hydrogens is 425 g/mol. The molecule has 1 aromatic carbocycles. The van der Waals surface area contributed by atoms with Crippen LogP contribution < -0.4 is 5.32 Å². The van der Waals surface area contributed by atoms with Gasteiger partial charge in [-0.3, -0.25) is 9.88 Å². The van der Waals surface area contributed by atoms with Crippen molar-refractivity contribution in [1.82, 2.24) is 15.2 Å². The van der Waals surface area contributed by atoms with E-state index in [1.165, 1.54) is 0 Å². The molecule has 4 rings (SSSR count). The van der Waals surface area contributed by atoms with Crippen molar-refractivity contribution >= 4 is 0 Å². The predicted octanol–water partition coefficient (Wildman–Crippen LogP) is 5.20. The number of aromatic nitrogens is 1. The van der Waals surface area contributed by atoms with E-state index in [2.05, 4.69) is 35.1 Å². The number of benzene rings is 1. The van der Waals surface area contributed by atoms with Gasteiger partial charge in [0.15, 0.2) is 0 Å². The smallest absolute Gasteiger partial charge is 0.303 e. The second-order valence-electron chi connectivity index (χ2n) is 10.2. The lowest BCUT2D eigenvalue weighted by atomic mass is 9.80. The summed E-state index contributed by atoms with van der Waals surface area (Å²) in [7, 11) is 0. The summed E-state index contributed by atoms with van der Waals surface area (Å²) < 4.78 is 40.8. The zero-order valence-electron chi connectivity index (χ0n) is 19.3. The molecule has 176 valence electrons. The van der Waals surface area contributed by atoms with E-state index in [-0.39, 0.29) is 23.8 Å². The molecule has 2 aromatic rings. The summed E-state index contributed by atoms with van der Waals surface area (Å²) in [5.41, 5.74) is 0.403. The van der Waals surface area contributed by atoms with Crippen LogP contribution in [0.2, 0.25) is 0 Å². The number of nitrogens with one attached hydrogen (secondary N) is 1. The van der Waals surface area contributed by atoms with Crippen LogP contribution in [0.3, 0.4) is 0 Å². The molecule has 1 aliphatic heterocycles. The molecule has 7 heteroatoms. The van der Waals surface area contributed by atoms with Crippen LogP contribution in [-0.2, 0) is 12.0 Å².